The number of ether oxygens (including phenoxy) is 2. The quantitative estimate of drug-likeness (QED) is 0.0493. The second kappa shape index (κ2) is 23.9. The number of nitrogens with zero attached hydrogens (tertiary/aromatic N) is 2. The van der Waals surface area contributed by atoms with Crippen molar-refractivity contribution in [2.45, 2.75) is 114 Å². The number of guanidine groups is 1. The Morgan fingerprint density at radius 1 is 0.923 bits per heavy atom. The molecule has 0 aromatic heterocycles. The smallest absolute Gasteiger partial charge is 0.407 e. The lowest BCUT2D eigenvalue weighted by molar-refractivity contribution is -0.147. The number of carboxylic acids is 1. The molecule has 65 heavy (non-hydrogen) atoms. The molecular formula is C47H61N7O11. The molecule has 0 bridgehead atoms. The van der Waals surface area contributed by atoms with E-state index < -0.39 is 77.5 Å². The monoisotopic (exact) mass is 899 g/mol. The molecule has 2 aromatic rings. The number of Topliss-reactive ketones (excluding diaryl/α,β-unsaturated/α-hetero) is 2. The number of carbonyl (C=O) groups is 8. The number of benzene rings is 2. The van der Waals surface area contributed by atoms with E-state index in [1.807, 2.05) is 48.5 Å². The summed E-state index contributed by atoms with van der Waals surface area (Å²) in [6.07, 6.45) is 3.62. The van der Waals surface area contributed by atoms with Crippen LogP contribution in [0.2, 0.25) is 0 Å². The number of esters is 1. The number of carboxylic acid groups (broad SMARTS) is 1. The highest BCUT2D eigenvalue weighted by molar-refractivity contribution is 5.96. The highest BCUT2D eigenvalue weighted by Gasteiger charge is 2.40. The number of rotatable bonds is 15. The van der Waals surface area contributed by atoms with Crippen LogP contribution in [-0.4, -0.2) is 114 Å². The maximum absolute atomic E-state index is 14.4. The second-order valence-corrected chi connectivity index (χ2v) is 16.8. The molecule has 18 heteroatoms. The fourth-order valence-electron chi connectivity index (χ4n) is 8.85. The Labute approximate surface area is 378 Å². The Kier molecular flexibility index (Phi) is 18.2. The number of fused-ring (bicyclic) bond motifs is 4. The summed E-state index contributed by atoms with van der Waals surface area (Å²) in [5.74, 6) is -6.66. The SMILES string of the molecule is COC(=O)[C@H](CC=CC[C@@H]1NC(=O)C2CCCN2C(=O)[C@@H](NC(=O)OCC2c3ccccc3-c3ccccc32)CCCC[C@@H](C(=O)O)NC(=O)[C@H](CCCN=C(N)N)CC1=O)CC(C)=O. The van der Waals surface area contributed by atoms with Crippen molar-refractivity contribution < 1.29 is 52.9 Å². The summed E-state index contributed by atoms with van der Waals surface area (Å²) in [6.45, 7) is 1.69. The van der Waals surface area contributed by atoms with Crippen molar-refractivity contribution in [3.63, 3.8) is 0 Å². The normalized spacial score (nSPS) is 22.4. The van der Waals surface area contributed by atoms with Crippen LogP contribution in [0.4, 0.5) is 4.79 Å². The van der Waals surface area contributed by atoms with E-state index in [2.05, 4.69) is 20.9 Å². The molecule has 8 N–H and O–H groups in total. The first-order valence-electron chi connectivity index (χ1n) is 22.2. The van der Waals surface area contributed by atoms with Crippen LogP contribution in [-0.2, 0) is 43.0 Å². The number of amides is 4. The maximum Gasteiger partial charge on any atom is 0.407 e. The number of carbonyl (C=O) groups excluding carboxylic acids is 7. The van der Waals surface area contributed by atoms with Gasteiger partial charge in [0.15, 0.2) is 11.7 Å². The van der Waals surface area contributed by atoms with Gasteiger partial charge in [0.2, 0.25) is 17.7 Å². The van der Waals surface area contributed by atoms with E-state index in [-0.39, 0.29) is 108 Å². The van der Waals surface area contributed by atoms with Crippen molar-refractivity contribution in [1.82, 2.24) is 20.9 Å². The third kappa shape index (κ3) is 13.7. The van der Waals surface area contributed by atoms with E-state index in [0.29, 0.717) is 6.42 Å². The van der Waals surface area contributed by atoms with Gasteiger partial charge in [0.1, 0.15) is 30.5 Å². The number of hydrogen-bond acceptors (Lipinski definition) is 11. The van der Waals surface area contributed by atoms with Crippen molar-refractivity contribution >= 4 is 53.3 Å². The van der Waals surface area contributed by atoms with E-state index in [4.69, 9.17) is 20.9 Å². The average Bonchev–Trinajstić information content (AvgIpc) is 3.90. The summed E-state index contributed by atoms with van der Waals surface area (Å²) in [7, 11) is 1.22. The fourth-order valence-corrected chi connectivity index (χ4v) is 8.85. The zero-order valence-electron chi connectivity index (χ0n) is 37.0. The van der Waals surface area contributed by atoms with Crippen LogP contribution in [0.3, 0.4) is 0 Å². The second-order valence-electron chi connectivity index (χ2n) is 16.8. The van der Waals surface area contributed by atoms with Gasteiger partial charge in [-0.05, 0) is 80.5 Å². The third-order valence-electron chi connectivity index (χ3n) is 12.2. The first-order chi connectivity index (χ1) is 31.2. The number of ketones is 2. The zero-order valence-corrected chi connectivity index (χ0v) is 37.0. The van der Waals surface area contributed by atoms with E-state index in [9.17, 15) is 43.5 Å². The molecule has 3 aliphatic rings. The summed E-state index contributed by atoms with van der Waals surface area (Å²) in [4.78, 5) is 112. The Morgan fingerprint density at radius 2 is 1.60 bits per heavy atom. The molecule has 0 saturated carbocycles. The molecule has 2 aliphatic heterocycles. The minimum Gasteiger partial charge on any atom is -0.480 e. The first kappa shape index (κ1) is 49.4. The zero-order chi connectivity index (χ0) is 47.0. The molecule has 2 fully saturated rings. The largest absolute Gasteiger partial charge is 0.480 e. The van der Waals surface area contributed by atoms with Gasteiger partial charge in [-0.1, -0.05) is 73.5 Å². The number of nitrogens with two attached hydrogens (primary N) is 2. The molecule has 0 radical (unpaired) electrons. The van der Waals surface area contributed by atoms with Crippen molar-refractivity contribution in [3.05, 3.63) is 71.8 Å². The van der Waals surface area contributed by atoms with Gasteiger partial charge in [-0.15, -0.1) is 0 Å². The molecule has 1 aliphatic carbocycles. The molecule has 2 aromatic carbocycles. The predicted molar refractivity (Wildman–Crippen MR) is 239 cm³/mol. The summed E-state index contributed by atoms with van der Waals surface area (Å²) in [5.41, 5.74) is 15.1. The lowest BCUT2D eigenvalue weighted by Gasteiger charge is -2.30. The van der Waals surface area contributed by atoms with Crippen LogP contribution in [0, 0.1) is 11.8 Å². The molecule has 2 saturated heterocycles. The van der Waals surface area contributed by atoms with E-state index in [1.54, 1.807) is 12.2 Å². The molecule has 1 unspecified atom stereocenters. The number of aliphatic imine (C=N–C) groups is 1. The predicted octanol–water partition coefficient (Wildman–Crippen LogP) is 3.25. The fraction of sp³-hybridized carbons (Fsp3) is 0.511. The Hall–Kier alpha value is -6.59. The summed E-state index contributed by atoms with van der Waals surface area (Å²) in [6, 6.07) is 11.0. The minimum atomic E-state index is -1.34. The van der Waals surface area contributed by atoms with Gasteiger partial charge < -0.3 is 51.7 Å². The molecule has 18 nitrogen and oxygen atoms in total. The molecule has 2 heterocycles. The number of nitrogens with one attached hydrogen (secondary N) is 3. The van der Waals surface area contributed by atoms with Crippen molar-refractivity contribution in [2.24, 2.45) is 28.3 Å². The Morgan fingerprint density at radius 3 is 2.25 bits per heavy atom. The van der Waals surface area contributed by atoms with Crippen molar-refractivity contribution in [3.8, 4) is 11.1 Å². The summed E-state index contributed by atoms with van der Waals surface area (Å²) in [5, 5.41) is 18.3. The Bertz CT molecular complexity index is 2090. The van der Waals surface area contributed by atoms with Gasteiger partial charge in [0.25, 0.3) is 0 Å². The number of hydrogen-bond donors (Lipinski definition) is 6. The van der Waals surface area contributed by atoms with Crippen LogP contribution < -0.4 is 27.4 Å². The Balaban J connectivity index is 1.39. The molecule has 350 valence electrons. The average molecular weight is 900 g/mol. The topological polar surface area (TPSA) is 279 Å². The highest BCUT2D eigenvalue weighted by atomic mass is 16.5. The number of aliphatic carboxylic acids is 1. The van der Waals surface area contributed by atoms with E-state index in [0.717, 1.165) is 22.3 Å². The van der Waals surface area contributed by atoms with E-state index >= 15 is 0 Å². The molecule has 0 spiro atoms. The highest BCUT2D eigenvalue weighted by Crippen LogP contribution is 2.44. The number of alkyl carbamates (subject to hydrolysis) is 1. The van der Waals surface area contributed by atoms with Crippen LogP contribution in [0.5, 0.6) is 0 Å². The van der Waals surface area contributed by atoms with Crippen LogP contribution in [0.25, 0.3) is 11.1 Å². The van der Waals surface area contributed by atoms with Crippen molar-refractivity contribution in [1.29, 1.82) is 0 Å². The lowest BCUT2D eigenvalue weighted by atomic mass is 9.91. The third-order valence-corrected chi connectivity index (χ3v) is 12.2. The lowest BCUT2D eigenvalue weighted by Crippen LogP contribution is -2.55. The van der Waals surface area contributed by atoms with Crippen LogP contribution in [0.15, 0.2) is 65.7 Å². The minimum absolute atomic E-state index is 0.00523. The molecule has 4 amide bonds. The van der Waals surface area contributed by atoms with Gasteiger partial charge >= 0.3 is 18.0 Å². The van der Waals surface area contributed by atoms with Gasteiger partial charge in [0, 0.05) is 37.8 Å². The molecule has 6 atom stereocenters. The van der Waals surface area contributed by atoms with Crippen LogP contribution in [0.1, 0.15) is 101 Å². The standard InChI is InChI=1S/C47H61N7O11/c1-28(55)25-30(45(62)64-2)13-3-8-19-36-40(56)26-29(14-11-23-50-46(48)49)41(57)52-38(44(60)61)21-10-9-20-37(43(59)54-24-12-22-39(54)42(58)51-36)53-47(63)65-27-35-33-17-6-4-15-31(33)32-16-5-7-18-34(32)35/h3-8,15-18,29-30,35-39H,9-14,19-27H2,1-2H3,(H,51,58)(H,52,57)(H,53,63)(H,60,61)(H4,48,49,50)/t29-,30-,36+,37+,38+,39?/m1/s1. The molecule has 5 rings (SSSR count). The van der Waals surface area contributed by atoms with Crippen molar-refractivity contribution in [2.75, 3.05) is 26.8 Å². The van der Waals surface area contributed by atoms with Crippen LogP contribution >= 0.6 is 0 Å². The van der Waals surface area contributed by atoms with Gasteiger partial charge in [-0.2, -0.15) is 0 Å². The number of allylic oxidation sites excluding steroid dienone is 1. The number of methoxy groups -OCH3 is 1. The molecular weight excluding hydrogens is 839 g/mol. The summed E-state index contributed by atoms with van der Waals surface area (Å²) < 4.78 is 10.6. The summed E-state index contributed by atoms with van der Waals surface area (Å²) >= 11 is 0. The van der Waals surface area contributed by atoms with Gasteiger partial charge in [-0.25, -0.2) is 9.59 Å². The van der Waals surface area contributed by atoms with E-state index in [1.165, 1.54) is 18.9 Å². The maximum atomic E-state index is 14.4. The van der Waals surface area contributed by atoms with Gasteiger partial charge in [0.05, 0.1) is 19.1 Å². The van der Waals surface area contributed by atoms with Gasteiger partial charge in [-0.3, -0.25) is 29.0 Å². The first-order valence-corrected chi connectivity index (χ1v) is 22.2.